The fourth-order valence-corrected chi connectivity index (χ4v) is 5.68. The van der Waals surface area contributed by atoms with Gasteiger partial charge in [-0.3, -0.25) is 0 Å². The fourth-order valence-electron chi connectivity index (χ4n) is 5.68. The number of hydrogen-bond donors (Lipinski definition) is 1. The van der Waals surface area contributed by atoms with Crippen molar-refractivity contribution >= 4 is 12.0 Å². The maximum atomic E-state index is 13.3. The maximum Gasteiger partial charge on any atom is 0.337 e. The molecule has 6 nitrogen and oxygen atoms in total. The van der Waals surface area contributed by atoms with Crippen LogP contribution in [0.4, 0.5) is 4.79 Å². The molecule has 194 valence electrons. The van der Waals surface area contributed by atoms with Crippen LogP contribution in [0.1, 0.15) is 79.5 Å². The van der Waals surface area contributed by atoms with Crippen LogP contribution in [-0.4, -0.2) is 52.1 Å². The molecule has 1 atom stereocenters. The Morgan fingerprint density at radius 1 is 0.889 bits per heavy atom. The lowest BCUT2D eigenvalue weighted by atomic mass is 9.80. The third kappa shape index (κ3) is 5.29. The topological polar surface area (TPSA) is 70.1 Å². The summed E-state index contributed by atoms with van der Waals surface area (Å²) >= 11 is 0. The summed E-state index contributed by atoms with van der Waals surface area (Å²) < 4.78 is 6.17. The van der Waals surface area contributed by atoms with Gasteiger partial charge in [-0.15, -0.1) is 0 Å². The van der Waals surface area contributed by atoms with Gasteiger partial charge in [-0.2, -0.15) is 0 Å². The number of hydrogen-bond acceptors (Lipinski definition) is 3. The molecule has 1 saturated heterocycles. The summed E-state index contributed by atoms with van der Waals surface area (Å²) in [6, 6.07) is 8.35. The highest BCUT2D eigenvalue weighted by Crippen LogP contribution is 2.42. The lowest BCUT2D eigenvalue weighted by Gasteiger charge is -2.38. The van der Waals surface area contributed by atoms with E-state index in [4.69, 9.17) is 4.74 Å². The zero-order chi connectivity index (χ0) is 26.2. The van der Waals surface area contributed by atoms with Gasteiger partial charge in [0.15, 0.2) is 6.10 Å². The monoisotopic (exact) mass is 492 g/mol. The Morgan fingerprint density at radius 2 is 1.53 bits per heavy atom. The number of carboxylic acid groups (broad SMARTS) is 1. The summed E-state index contributed by atoms with van der Waals surface area (Å²) in [5.41, 5.74) is 7.44. The molecular formula is C30H40N2O4. The minimum atomic E-state index is -1.08. The molecule has 2 aromatic carbocycles. The highest BCUT2D eigenvalue weighted by molar-refractivity contribution is 5.84. The van der Waals surface area contributed by atoms with Crippen molar-refractivity contribution in [3.63, 3.8) is 0 Å². The van der Waals surface area contributed by atoms with Gasteiger partial charge in [0.1, 0.15) is 0 Å². The number of urea groups is 1. The SMILES string of the molecule is Cc1ccc(-c2c(C)c3c(c(C)c2C(OC(C)(C)C)C(=O)O)CCN(C(=O)N2CCCCC2)C3)cc1. The second-order valence-electron chi connectivity index (χ2n) is 11.3. The van der Waals surface area contributed by atoms with Gasteiger partial charge in [-0.25, -0.2) is 9.59 Å². The number of amides is 2. The molecule has 36 heavy (non-hydrogen) atoms. The van der Waals surface area contributed by atoms with Crippen LogP contribution in [0.5, 0.6) is 0 Å². The Hall–Kier alpha value is -2.86. The van der Waals surface area contributed by atoms with Gasteiger partial charge in [0.25, 0.3) is 0 Å². The number of likely N-dealkylation sites (tertiary alicyclic amines) is 1. The van der Waals surface area contributed by atoms with Crippen molar-refractivity contribution in [1.29, 1.82) is 0 Å². The Balaban J connectivity index is 1.85. The number of carbonyl (C=O) groups is 2. The molecule has 4 rings (SSSR count). The lowest BCUT2D eigenvalue weighted by Crippen LogP contribution is -2.47. The number of aryl methyl sites for hydroxylation is 1. The van der Waals surface area contributed by atoms with Crippen LogP contribution in [0, 0.1) is 20.8 Å². The first-order valence-electron chi connectivity index (χ1n) is 13.1. The molecule has 0 radical (unpaired) electrons. The first-order chi connectivity index (χ1) is 17.0. The van der Waals surface area contributed by atoms with E-state index >= 15 is 0 Å². The predicted molar refractivity (Wildman–Crippen MR) is 142 cm³/mol. The van der Waals surface area contributed by atoms with Gasteiger partial charge < -0.3 is 19.6 Å². The van der Waals surface area contributed by atoms with E-state index in [0.717, 1.165) is 70.4 Å². The van der Waals surface area contributed by atoms with Crippen LogP contribution in [0.3, 0.4) is 0 Å². The van der Waals surface area contributed by atoms with Gasteiger partial charge in [-0.1, -0.05) is 29.8 Å². The third-order valence-electron chi connectivity index (χ3n) is 7.49. The fraction of sp³-hybridized carbons (Fsp3) is 0.533. The second kappa shape index (κ2) is 10.3. The van der Waals surface area contributed by atoms with E-state index in [2.05, 4.69) is 31.2 Å². The number of carbonyl (C=O) groups excluding carboxylic acids is 1. The van der Waals surface area contributed by atoms with Gasteiger partial charge in [0, 0.05) is 31.7 Å². The normalized spacial score (nSPS) is 17.1. The number of nitrogens with zero attached hydrogens (tertiary/aromatic N) is 2. The number of ether oxygens (including phenoxy) is 1. The molecule has 1 N–H and O–H groups in total. The van der Waals surface area contributed by atoms with Crippen molar-refractivity contribution in [2.45, 2.75) is 85.5 Å². The van der Waals surface area contributed by atoms with Crippen LogP contribution < -0.4 is 0 Å². The third-order valence-corrected chi connectivity index (χ3v) is 7.49. The van der Waals surface area contributed by atoms with Crippen molar-refractivity contribution < 1.29 is 19.4 Å². The van der Waals surface area contributed by atoms with Crippen molar-refractivity contribution in [3.8, 4) is 11.1 Å². The Labute approximate surface area is 215 Å². The summed E-state index contributed by atoms with van der Waals surface area (Å²) in [6.07, 6.45) is 2.96. The van der Waals surface area contributed by atoms with E-state index in [0.29, 0.717) is 19.5 Å². The van der Waals surface area contributed by atoms with E-state index in [-0.39, 0.29) is 6.03 Å². The van der Waals surface area contributed by atoms with Crippen molar-refractivity contribution in [1.82, 2.24) is 9.80 Å². The molecule has 1 unspecified atom stereocenters. The number of aliphatic carboxylic acids is 1. The van der Waals surface area contributed by atoms with Crippen LogP contribution >= 0.6 is 0 Å². The van der Waals surface area contributed by atoms with Crippen LogP contribution in [0.25, 0.3) is 11.1 Å². The van der Waals surface area contributed by atoms with Crippen LogP contribution in [0.15, 0.2) is 24.3 Å². The van der Waals surface area contributed by atoms with Crippen LogP contribution in [0.2, 0.25) is 0 Å². The number of piperidine rings is 1. The van der Waals surface area contributed by atoms with Gasteiger partial charge in [-0.05, 0) is 101 Å². The summed E-state index contributed by atoms with van der Waals surface area (Å²) in [5.74, 6) is -0.988. The van der Waals surface area contributed by atoms with Crippen molar-refractivity contribution in [2.24, 2.45) is 0 Å². The minimum absolute atomic E-state index is 0.123. The molecule has 0 saturated carbocycles. The number of rotatable bonds is 4. The molecule has 1 fully saturated rings. The van der Waals surface area contributed by atoms with E-state index in [1.165, 1.54) is 6.42 Å². The quantitative estimate of drug-likeness (QED) is 0.553. The summed E-state index contributed by atoms with van der Waals surface area (Å²) in [5, 5.41) is 10.3. The molecule has 2 heterocycles. The van der Waals surface area contributed by atoms with E-state index < -0.39 is 17.7 Å². The Morgan fingerprint density at radius 3 is 2.11 bits per heavy atom. The molecule has 2 amide bonds. The van der Waals surface area contributed by atoms with Gasteiger partial charge >= 0.3 is 12.0 Å². The number of benzene rings is 2. The number of carboxylic acids is 1. The molecule has 0 aliphatic carbocycles. The Bertz CT molecular complexity index is 1140. The lowest BCUT2D eigenvalue weighted by molar-refractivity contribution is -0.160. The van der Waals surface area contributed by atoms with E-state index in [1.54, 1.807) is 0 Å². The number of fused-ring (bicyclic) bond motifs is 1. The second-order valence-corrected chi connectivity index (χ2v) is 11.3. The molecule has 0 aromatic heterocycles. The van der Waals surface area contributed by atoms with Crippen LogP contribution in [-0.2, 0) is 22.5 Å². The smallest absolute Gasteiger partial charge is 0.337 e. The van der Waals surface area contributed by atoms with Gasteiger partial charge in [0.05, 0.1) is 5.60 Å². The van der Waals surface area contributed by atoms with Gasteiger partial charge in [0.2, 0.25) is 0 Å². The summed E-state index contributed by atoms with van der Waals surface area (Å²) in [4.78, 5) is 29.9. The maximum absolute atomic E-state index is 13.3. The zero-order valence-electron chi connectivity index (χ0n) is 22.6. The summed E-state index contributed by atoms with van der Waals surface area (Å²) in [6.45, 7) is 14.7. The molecule has 0 bridgehead atoms. The molecule has 2 aliphatic heterocycles. The Kier molecular flexibility index (Phi) is 7.46. The highest BCUT2D eigenvalue weighted by atomic mass is 16.5. The van der Waals surface area contributed by atoms with E-state index in [1.807, 2.05) is 44.4 Å². The molecule has 6 heteroatoms. The predicted octanol–water partition coefficient (Wildman–Crippen LogP) is 6.18. The molecule has 0 spiro atoms. The average molecular weight is 493 g/mol. The first kappa shape index (κ1) is 26.2. The first-order valence-corrected chi connectivity index (χ1v) is 13.1. The minimum Gasteiger partial charge on any atom is -0.479 e. The zero-order valence-corrected chi connectivity index (χ0v) is 22.6. The average Bonchev–Trinajstić information content (AvgIpc) is 2.84. The van der Waals surface area contributed by atoms with Crippen molar-refractivity contribution in [3.05, 3.63) is 57.6 Å². The standard InChI is InChI=1S/C30H40N2O4/c1-19-10-12-22(13-11-19)25-21(3)24-18-32(29(35)31-15-8-7-9-16-31)17-14-23(24)20(2)26(25)27(28(33)34)36-30(4,5)6/h10-13,27H,7-9,14-18H2,1-6H3,(H,33,34). The summed E-state index contributed by atoms with van der Waals surface area (Å²) in [7, 11) is 0. The highest BCUT2D eigenvalue weighted by Gasteiger charge is 2.35. The van der Waals surface area contributed by atoms with E-state index in [9.17, 15) is 14.7 Å². The molecular weight excluding hydrogens is 452 g/mol. The largest absolute Gasteiger partial charge is 0.479 e. The molecule has 2 aliphatic rings. The van der Waals surface area contributed by atoms with Crippen molar-refractivity contribution in [2.75, 3.05) is 19.6 Å². The molecule has 2 aromatic rings.